The number of hydrogen-bond donors (Lipinski definition) is 0. The van der Waals surface area contributed by atoms with Crippen LogP contribution in [0.4, 0.5) is 0 Å². The van der Waals surface area contributed by atoms with Gasteiger partial charge in [0.1, 0.15) is 0 Å². The highest BCUT2D eigenvalue weighted by Crippen LogP contribution is 2.33. The van der Waals surface area contributed by atoms with Crippen LogP contribution in [0.3, 0.4) is 0 Å². The van der Waals surface area contributed by atoms with Crippen LogP contribution in [0.5, 0.6) is 0 Å². The third kappa shape index (κ3) is 2.51. The molecule has 0 saturated carbocycles. The standard InChI is InChI=1S/C17H16N2OS2/c1-11-6-4-5-7-14(11)10-15-16(20)19(17(21)22-15)18-12(2)8-9-13(18)3/h4-10H,1-3H3/b15-10+. The van der Waals surface area contributed by atoms with Crippen molar-refractivity contribution in [3.05, 3.63) is 63.8 Å². The summed E-state index contributed by atoms with van der Waals surface area (Å²) in [6, 6.07) is 12.0. The summed E-state index contributed by atoms with van der Waals surface area (Å²) in [7, 11) is 0. The number of aryl methyl sites for hydroxylation is 3. The minimum Gasteiger partial charge on any atom is -0.266 e. The summed E-state index contributed by atoms with van der Waals surface area (Å²) in [5.41, 5.74) is 4.17. The van der Waals surface area contributed by atoms with Gasteiger partial charge in [-0.2, -0.15) is 5.01 Å². The zero-order valence-electron chi connectivity index (χ0n) is 12.7. The molecule has 0 aliphatic carbocycles. The molecule has 1 saturated heterocycles. The molecule has 0 bridgehead atoms. The minimum atomic E-state index is -0.0688. The number of carbonyl (C=O) groups is 1. The topological polar surface area (TPSA) is 25.2 Å². The summed E-state index contributed by atoms with van der Waals surface area (Å²) < 4.78 is 2.43. The van der Waals surface area contributed by atoms with Crippen LogP contribution in [0.2, 0.25) is 0 Å². The van der Waals surface area contributed by atoms with Crippen LogP contribution in [0.1, 0.15) is 22.5 Å². The molecule has 0 atom stereocenters. The molecule has 3 rings (SSSR count). The monoisotopic (exact) mass is 328 g/mol. The van der Waals surface area contributed by atoms with E-state index in [0.29, 0.717) is 9.23 Å². The molecule has 22 heavy (non-hydrogen) atoms. The van der Waals surface area contributed by atoms with Crippen molar-refractivity contribution >= 4 is 40.3 Å². The molecule has 0 spiro atoms. The van der Waals surface area contributed by atoms with Gasteiger partial charge in [0.2, 0.25) is 0 Å². The summed E-state index contributed by atoms with van der Waals surface area (Å²) in [4.78, 5) is 13.4. The van der Waals surface area contributed by atoms with Crippen molar-refractivity contribution in [1.29, 1.82) is 0 Å². The van der Waals surface area contributed by atoms with Crippen LogP contribution >= 0.6 is 24.0 Å². The zero-order valence-corrected chi connectivity index (χ0v) is 14.3. The van der Waals surface area contributed by atoms with Gasteiger partial charge in [-0.1, -0.05) is 36.0 Å². The van der Waals surface area contributed by atoms with Gasteiger partial charge in [-0.3, -0.25) is 9.47 Å². The lowest BCUT2D eigenvalue weighted by molar-refractivity contribution is -0.114. The Morgan fingerprint density at radius 3 is 2.32 bits per heavy atom. The summed E-state index contributed by atoms with van der Waals surface area (Å²) >= 11 is 6.77. The predicted octanol–water partition coefficient (Wildman–Crippen LogP) is 3.95. The maximum atomic E-state index is 12.8. The van der Waals surface area contributed by atoms with Crippen LogP contribution in [-0.4, -0.2) is 14.9 Å². The number of amides is 1. The number of nitrogens with zero attached hydrogens (tertiary/aromatic N) is 2. The molecule has 0 radical (unpaired) electrons. The lowest BCUT2D eigenvalue weighted by Gasteiger charge is -2.20. The van der Waals surface area contributed by atoms with Gasteiger partial charge in [-0.25, -0.2) is 0 Å². The maximum absolute atomic E-state index is 12.8. The lowest BCUT2D eigenvalue weighted by Crippen LogP contribution is -2.39. The molecule has 1 aromatic carbocycles. The van der Waals surface area contributed by atoms with E-state index >= 15 is 0 Å². The van der Waals surface area contributed by atoms with E-state index in [9.17, 15) is 4.79 Å². The molecule has 1 aromatic heterocycles. The molecule has 112 valence electrons. The smallest absolute Gasteiger partial charge is 0.266 e. The first kappa shape index (κ1) is 15.1. The molecular weight excluding hydrogens is 312 g/mol. The molecule has 0 N–H and O–H groups in total. The average Bonchev–Trinajstić information content (AvgIpc) is 2.94. The second kappa shape index (κ2) is 5.74. The second-order valence-corrected chi connectivity index (χ2v) is 6.95. The van der Waals surface area contributed by atoms with Gasteiger partial charge >= 0.3 is 0 Å². The summed E-state index contributed by atoms with van der Waals surface area (Å²) in [5.74, 6) is -0.0688. The minimum absolute atomic E-state index is 0.0688. The van der Waals surface area contributed by atoms with E-state index in [0.717, 1.165) is 22.5 Å². The molecule has 1 aliphatic rings. The molecule has 5 heteroatoms. The number of aromatic nitrogens is 1. The molecule has 0 unspecified atom stereocenters. The Morgan fingerprint density at radius 1 is 1.05 bits per heavy atom. The normalized spacial score (nSPS) is 16.9. The first-order valence-electron chi connectivity index (χ1n) is 6.98. The fourth-order valence-electron chi connectivity index (χ4n) is 2.50. The quantitative estimate of drug-likeness (QED) is 0.616. The summed E-state index contributed by atoms with van der Waals surface area (Å²) in [5, 5.41) is 1.58. The number of carbonyl (C=O) groups excluding carboxylic acids is 1. The average molecular weight is 328 g/mol. The molecular formula is C17H16N2OS2. The largest absolute Gasteiger partial charge is 0.285 e. The number of thioether (sulfide) groups is 1. The molecule has 3 nitrogen and oxygen atoms in total. The Labute approximate surface area is 139 Å². The first-order chi connectivity index (χ1) is 10.5. The van der Waals surface area contributed by atoms with Gasteiger partial charge in [0.05, 0.1) is 4.91 Å². The SMILES string of the molecule is Cc1ccccc1/C=C1/SC(=S)N(n2c(C)ccc2C)C1=O. The van der Waals surface area contributed by atoms with Gasteiger partial charge in [-0.05, 0) is 62.3 Å². The zero-order chi connectivity index (χ0) is 15.9. The van der Waals surface area contributed by atoms with Crippen LogP contribution in [0.25, 0.3) is 6.08 Å². The Kier molecular flexibility index (Phi) is 3.93. The number of hydrogen-bond acceptors (Lipinski definition) is 3. The van der Waals surface area contributed by atoms with Crippen molar-refractivity contribution < 1.29 is 4.79 Å². The van der Waals surface area contributed by atoms with Crippen molar-refractivity contribution in [2.24, 2.45) is 0 Å². The Bertz CT molecular complexity index is 785. The van der Waals surface area contributed by atoms with Crippen LogP contribution in [0, 0.1) is 20.8 Å². The summed E-state index contributed by atoms with van der Waals surface area (Å²) in [6.07, 6.45) is 1.92. The molecule has 1 fully saturated rings. The first-order valence-corrected chi connectivity index (χ1v) is 8.20. The van der Waals surface area contributed by atoms with Gasteiger partial charge in [-0.15, -0.1) is 0 Å². The third-order valence-corrected chi connectivity index (χ3v) is 4.97. The highest BCUT2D eigenvalue weighted by Gasteiger charge is 2.34. The predicted molar refractivity (Wildman–Crippen MR) is 96.5 cm³/mol. The van der Waals surface area contributed by atoms with Crippen molar-refractivity contribution in [3.63, 3.8) is 0 Å². The number of rotatable bonds is 2. The van der Waals surface area contributed by atoms with Crippen molar-refractivity contribution in [2.45, 2.75) is 20.8 Å². The lowest BCUT2D eigenvalue weighted by atomic mass is 10.1. The van der Waals surface area contributed by atoms with E-state index in [1.165, 1.54) is 11.8 Å². The number of thiocarbonyl (C=S) groups is 1. The Hall–Kier alpha value is -1.85. The Morgan fingerprint density at radius 2 is 1.68 bits per heavy atom. The van der Waals surface area contributed by atoms with E-state index in [-0.39, 0.29) is 5.91 Å². The fourth-order valence-corrected chi connectivity index (χ4v) is 3.73. The molecule has 2 heterocycles. The van der Waals surface area contributed by atoms with Crippen molar-refractivity contribution in [1.82, 2.24) is 4.68 Å². The van der Waals surface area contributed by atoms with Gasteiger partial charge < -0.3 is 0 Å². The highest BCUT2D eigenvalue weighted by atomic mass is 32.2. The summed E-state index contributed by atoms with van der Waals surface area (Å²) in [6.45, 7) is 5.97. The van der Waals surface area contributed by atoms with E-state index in [1.54, 1.807) is 5.01 Å². The van der Waals surface area contributed by atoms with E-state index in [1.807, 2.05) is 67.9 Å². The molecule has 1 amide bonds. The van der Waals surface area contributed by atoms with Crippen LogP contribution in [0.15, 0.2) is 41.3 Å². The van der Waals surface area contributed by atoms with Crippen molar-refractivity contribution in [2.75, 3.05) is 5.01 Å². The van der Waals surface area contributed by atoms with Crippen LogP contribution < -0.4 is 5.01 Å². The van der Waals surface area contributed by atoms with Gasteiger partial charge in [0.25, 0.3) is 5.91 Å². The van der Waals surface area contributed by atoms with Crippen LogP contribution in [-0.2, 0) is 4.79 Å². The second-order valence-electron chi connectivity index (χ2n) is 5.28. The third-order valence-electron chi connectivity index (χ3n) is 3.68. The van der Waals surface area contributed by atoms with Crippen molar-refractivity contribution in [3.8, 4) is 0 Å². The van der Waals surface area contributed by atoms with E-state index in [4.69, 9.17) is 12.2 Å². The van der Waals surface area contributed by atoms with Gasteiger partial charge in [0, 0.05) is 11.4 Å². The van der Waals surface area contributed by atoms with E-state index < -0.39 is 0 Å². The fraction of sp³-hybridized carbons (Fsp3) is 0.176. The molecule has 1 aliphatic heterocycles. The maximum Gasteiger partial charge on any atom is 0.285 e. The Balaban J connectivity index is 2.01. The van der Waals surface area contributed by atoms with Gasteiger partial charge in [0.15, 0.2) is 4.32 Å². The molecule has 2 aromatic rings. The number of benzene rings is 1. The van der Waals surface area contributed by atoms with E-state index in [2.05, 4.69) is 0 Å². The highest BCUT2D eigenvalue weighted by molar-refractivity contribution is 8.27.